The zero-order valence-electron chi connectivity index (χ0n) is 17.9. The topological polar surface area (TPSA) is 112 Å². The molecule has 0 aliphatic heterocycles. The fraction of sp³-hybridized carbons (Fsp3) is 0.318. The number of amides is 1. The van der Waals surface area contributed by atoms with Crippen LogP contribution in [0.2, 0.25) is 0 Å². The van der Waals surface area contributed by atoms with Gasteiger partial charge in [0.15, 0.2) is 6.61 Å². The Morgan fingerprint density at radius 3 is 2.52 bits per heavy atom. The third-order valence-electron chi connectivity index (χ3n) is 4.75. The molecule has 162 valence electrons. The van der Waals surface area contributed by atoms with Crippen LogP contribution in [-0.2, 0) is 11.3 Å². The first-order chi connectivity index (χ1) is 14.7. The molecule has 0 saturated carbocycles. The molecule has 2 aromatic carbocycles. The van der Waals surface area contributed by atoms with Crippen LogP contribution in [0.1, 0.15) is 30.9 Å². The molecule has 0 saturated heterocycles. The Bertz CT molecular complexity index is 1080. The molecule has 9 heteroatoms. The van der Waals surface area contributed by atoms with Crippen LogP contribution in [0.4, 0.5) is 5.69 Å². The van der Waals surface area contributed by atoms with Gasteiger partial charge >= 0.3 is 0 Å². The quantitative estimate of drug-likeness (QED) is 0.396. The molecule has 1 aromatic heterocycles. The Kier molecular flexibility index (Phi) is 6.64. The molecule has 9 nitrogen and oxygen atoms in total. The van der Waals surface area contributed by atoms with Crippen LogP contribution < -0.4 is 4.74 Å². The lowest BCUT2D eigenvalue weighted by molar-refractivity contribution is -0.385. The van der Waals surface area contributed by atoms with Gasteiger partial charge in [-0.25, -0.2) is 0 Å². The second-order valence-electron chi connectivity index (χ2n) is 7.49. The zero-order chi connectivity index (χ0) is 22.5. The van der Waals surface area contributed by atoms with Gasteiger partial charge in [0.2, 0.25) is 11.7 Å². The van der Waals surface area contributed by atoms with Gasteiger partial charge < -0.3 is 14.2 Å². The number of ether oxygens (including phenoxy) is 1. The van der Waals surface area contributed by atoms with Crippen molar-refractivity contribution in [1.82, 2.24) is 15.0 Å². The molecule has 3 aromatic rings. The Morgan fingerprint density at radius 2 is 1.90 bits per heavy atom. The van der Waals surface area contributed by atoms with Crippen molar-refractivity contribution in [3.05, 3.63) is 69.6 Å². The number of aromatic nitrogens is 2. The summed E-state index contributed by atoms with van der Waals surface area (Å²) < 4.78 is 10.9. The first kappa shape index (κ1) is 21.9. The van der Waals surface area contributed by atoms with Gasteiger partial charge in [0, 0.05) is 23.2 Å². The summed E-state index contributed by atoms with van der Waals surface area (Å²) in [7, 11) is 0. The molecule has 31 heavy (non-hydrogen) atoms. The van der Waals surface area contributed by atoms with E-state index in [1.165, 1.54) is 18.2 Å². The normalized spacial score (nSPS) is 10.9. The van der Waals surface area contributed by atoms with Gasteiger partial charge in [0.05, 0.1) is 4.92 Å². The van der Waals surface area contributed by atoms with Gasteiger partial charge in [-0.15, -0.1) is 0 Å². The first-order valence-electron chi connectivity index (χ1n) is 9.81. The molecule has 0 bridgehead atoms. The van der Waals surface area contributed by atoms with Gasteiger partial charge in [-0.1, -0.05) is 35.0 Å². The molecule has 0 radical (unpaired) electrons. The van der Waals surface area contributed by atoms with Crippen molar-refractivity contribution >= 4 is 11.6 Å². The van der Waals surface area contributed by atoms with Crippen LogP contribution in [0.25, 0.3) is 11.4 Å². The van der Waals surface area contributed by atoms with E-state index in [4.69, 9.17) is 9.26 Å². The highest BCUT2D eigenvalue weighted by Gasteiger charge is 2.22. The van der Waals surface area contributed by atoms with Crippen molar-refractivity contribution in [3.63, 3.8) is 0 Å². The number of hydrogen-bond donors (Lipinski definition) is 0. The number of hydrogen-bond acceptors (Lipinski definition) is 7. The second-order valence-corrected chi connectivity index (χ2v) is 7.49. The number of carbonyl (C=O) groups excluding carboxylic acids is 1. The predicted molar refractivity (Wildman–Crippen MR) is 113 cm³/mol. The lowest BCUT2D eigenvalue weighted by Crippen LogP contribution is -2.39. The van der Waals surface area contributed by atoms with Crippen LogP contribution in [-0.4, -0.2) is 38.5 Å². The van der Waals surface area contributed by atoms with Crippen molar-refractivity contribution in [2.24, 2.45) is 0 Å². The van der Waals surface area contributed by atoms with Crippen LogP contribution in [0.3, 0.4) is 0 Å². The van der Waals surface area contributed by atoms with E-state index in [9.17, 15) is 14.9 Å². The molecular formula is C22H24N4O5. The fourth-order valence-corrected chi connectivity index (χ4v) is 2.99. The number of nitro benzene ring substituents is 1. The van der Waals surface area contributed by atoms with E-state index in [1.807, 2.05) is 45.0 Å². The largest absolute Gasteiger partial charge is 0.484 e. The number of carbonyl (C=O) groups is 1. The average molecular weight is 424 g/mol. The summed E-state index contributed by atoms with van der Waals surface area (Å²) in [6.45, 7) is 7.31. The molecule has 1 amide bonds. The summed E-state index contributed by atoms with van der Waals surface area (Å²) in [5.74, 6) is 0.910. The van der Waals surface area contributed by atoms with Gasteiger partial charge in [-0.05, 0) is 39.8 Å². The summed E-state index contributed by atoms with van der Waals surface area (Å²) in [4.78, 5) is 29.2. The lowest BCUT2D eigenvalue weighted by atomic mass is 10.1. The SMILES string of the molecule is Cc1ccc(-c2noc(CN(C(=O)COc3ccc([N+](=O)[O-])c(C)c3)C(C)C)n2)cc1. The summed E-state index contributed by atoms with van der Waals surface area (Å²) in [5.41, 5.74) is 2.43. The predicted octanol–water partition coefficient (Wildman–Crippen LogP) is 4.08. The van der Waals surface area contributed by atoms with Crippen molar-refractivity contribution in [2.75, 3.05) is 6.61 Å². The van der Waals surface area contributed by atoms with Crippen molar-refractivity contribution in [2.45, 2.75) is 40.3 Å². The third-order valence-corrected chi connectivity index (χ3v) is 4.75. The maximum absolute atomic E-state index is 12.7. The zero-order valence-corrected chi connectivity index (χ0v) is 17.9. The van der Waals surface area contributed by atoms with Gasteiger partial charge in [-0.3, -0.25) is 14.9 Å². The number of nitro groups is 1. The van der Waals surface area contributed by atoms with E-state index in [2.05, 4.69) is 10.1 Å². The molecule has 0 atom stereocenters. The third kappa shape index (κ3) is 5.44. The number of nitrogens with zero attached hydrogens (tertiary/aromatic N) is 4. The number of aryl methyl sites for hydroxylation is 2. The standard InChI is InChI=1S/C22H24N4O5/c1-14(2)25(12-20-23-22(24-31-20)17-7-5-15(3)6-8-17)21(27)13-30-18-9-10-19(26(28)29)16(4)11-18/h5-11,14H,12-13H2,1-4H3. The highest BCUT2D eigenvalue weighted by atomic mass is 16.6. The molecule has 0 spiro atoms. The molecule has 0 aliphatic rings. The van der Waals surface area contributed by atoms with Gasteiger partial charge in [0.25, 0.3) is 11.6 Å². The summed E-state index contributed by atoms with van der Waals surface area (Å²) in [6, 6.07) is 12.0. The van der Waals surface area contributed by atoms with Crippen molar-refractivity contribution in [3.8, 4) is 17.1 Å². The highest BCUT2D eigenvalue weighted by molar-refractivity contribution is 5.78. The van der Waals surface area contributed by atoms with E-state index >= 15 is 0 Å². The van der Waals surface area contributed by atoms with Gasteiger partial charge in [-0.2, -0.15) is 4.98 Å². The molecular weight excluding hydrogens is 400 g/mol. The number of rotatable bonds is 8. The number of benzene rings is 2. The Hall–Kier alpha value is -3.75. The molecule has 0 fully saturated rings. The van der Waals surface area contributed by atoms with Crippen molar-refractivity contribution < 1.29 is 19.0 Å². The lowest BCUT2D eigenvalue weighted by Gasteiger charge is -2.25. The summed E-state index contributed by atoms with van der Waals surface area (Å²) in [5, 5.41) is 14.9. The Labute approximate surface area is 179 Å². The molecule has 1 heterocycles. The average Bonchev–Trinajstić information content (AvgIpc) is 3.19. The minimum atomic E-state index is -0.458. The Morgan fingerprint density at radius 1 is 1.19 bits per heavy atom. The molecule has 3 rings (SSSR count). The highest BCUT2D eigenvalue weighted by Crippen LogP contribution is 2.23. The molecule has 0 N–H and O–H groups in total. The van der Waals surface area contributed by atoms with Crippen molar-refractivity contribution in [1.29, 1.82) is 0 Å². The minimum Gasteiger partial charge on any atom is -0.484 e. The summed E-state index contributed by atoms with van der Waals surface area (Å²) in [6.07, 6.45) is 0. The van der Waals surface area contributed by atoms with E-state index in [-0.39, 0.29) is 30.8 Å². The summed E-state index contributed by atoms with van der Waals surface area (Å²) >= 11 is 0. The minimum absolute atomic E-state index is 0.00302. The monoisotopic (exact) mass is 424 g/mol. The first-order valence-corrected chi connectivity index (χ1v) is 9.81. The van der Waals surface area contributed by atoms with Crippen LogP contribution in [0.5, 0.6) is 5.75 Å². The van der Waals surface area contributed by atoms with Crippen LogP contribution in [0.15, 0.2) is 47.0 Å². The van der Waals surface area contributed by atoms with E-state index in [1.54, 1.807) is 11.8 Å². The van der Waals surface area contributed by atoms with E-state index in [0.29, 0.717) is 23.0 Å². The second kappa shape index (κ2) is 9.38. The van der Waals surface area contributed by atoms with E-state index < -0.39 is 4.92 Å². The maximum atomic E-state index is 12.7. The molecule has 0 unspecified atom stereocenters. The van der Waals surface area contributed by atoms with Crippen LogP contribution in [0, 0.1) is 24.0 Å². The van der Waals surface area contributed by atoms with Gasteiger partial charge in [0.1, 0.15) is 12.3 Å². The fourth-order valence-electron chi connectivity index (χ4n) is 2.99. The smallest absolute Gasteiger partial charge is 0.272 e. The van der Waals surface area contributed by atoms with Crippen LogP contribution >= 0.6 is 0 Å². The Balaban J connectivity index is 1.65. The molecule has 0 aliphatic carbocycles. The van der Waals surface area contributed by atoms with E-state index in [0.717, 1.165) is 11.1 Å². The maximum Gasteiger partial charge on any atom is 0.272 e.